The summed E-state index contributed by atoms with van der Waals surface area (Å²) in [5, 5.41) is 16.2. The van der Waals surface area contributed by atoms with Crippen LogP contribution in [0.15, 0.2) is 5.38 Å². The van der Waals surface area contributed by atoms with Crippen LogP contribution in [0.1, 0.15) is 28.8 Å². The van der Waals surface area contributed by atoms with Crippen LogP contribution in [0.5, 0.6) is 0 Å². The fourth-order valence-corrected chi connectivity index (χ4v) is 2.08. The number of terminal acetylenes is 1. The Bertz CT molecular complexity index is 493. The summed E-state index contributed by atoms with van der Waals surface area (Å²) in [4.78, 5) is 26.0. The van der Waals surface area contributed by atoms with E-state index in [2.05, 4.69) is 21.5 Å². The molecule has 6 nitrogen and oxygen atoms in total. The zero-order valence-electron chi connectivity index (χ0n) is 10.5. The molecule has 0 spiro atoms. The largest absolute Gasteiger partial charge is 0.476 e. The fraction of sp³-hybridized carbons (Fsp3) is 0.417. The third-order valence-electron chi connectivity index (χ3n) is 2.20. The molecule has 1 aromatic rings. The molecule has 1 rings (SSSR count). The van der Waals surface area contributed by atoms with Gasteiger partial charge in [0.1, 0.15) is 0 Å². The fourth-order valence-electron chi connectivity index (χ4n) is 1.31. The molecule has 1 heterocycles. The van der Waals surface area contributed by atoms with Crippen LogP contribution in [0.4, 0.5) is 4.79 Å². The molecule has 0 saturated heterocycles. The van der Waals surface area contributed by atoms with E-state index in [1.807, 2.05) is 6.92 Å². The topological polar surface area (TPSA) is 91.3 Å². The molecule has 7 heteroatoms. The lowest BCUT2D eigenvalue weighted by Gasteiger charge is -2.11. The number of nitrogens with one attached hydrogen (secondary N) is 2. The number of urea groups is 1. The number of carboxylic acid groups (broad SMARTS) is 1. The van der Waals surface area contributed by atoms with Crippen molar-refractivity contribution >= 4 is 23.3 Å². The molecule has 3 N–H and O–H groups in total. The quantitative estimate of drug-likeness (QED) is 0.681. The maximum absolute atomic E-state index is 11.4. The monoisotopic (exact) mass is 281 g/mol. The van der Waals surface area contributed by atoms with Gasteiger partial charge in [-0.3, -0.25) is 0 Å². The molecule has 0 aromatic carbocycles. The van der Waals surface area contributed by atoms with Gasteiger partial charge in [0.25, 0.3) is 0 Å². The molecule has 2 amide bonds. The molecule has 1 atom stereocenters. The van der Waals surface area contributed by atoms with E-state index in [1.54, 1.807) is 0 Å². The SMILES string of the molecule is C#CCC(C)NC(=O)NCCc1nc(C(=O)O)cs1. The average molecular weight is 281 g/mol. The molecule has 0 fully saturated rings. The number of thiazole rings is 1. The van der Waals surface area contributed by atoms with Crippen LogP contribution in [-0.4, -0.2) is 34.7 Å². The Balaban J connectivity index is 2.28. The van der Waals surface area contributed by atoms with Crippen LogP contribution in [-0.2, 0) is 6.42 Å². The van der Waals surface area contributed by atoms with Gasteiger partial charge in [-0.1, -0.05) is 0 Å². The van der Waals surface area contributed by atoms with Crippen molar-refractivity contribution in [2.24, 2.45) is 0 Å². The van der Waals surface area contributed by atoms with Crippen LogP contribution < -0.4 is 10.6 Å². The summed E-state index contributed by atoms with van der Waals surface area (Å²) in [6, 6.07) is -0.374. The number of aromatic nitrogens is 1. The molecule has 102 valence electrons. The molecule has 0 aliphatic rings. The number of carboxylic acids is 1. The van der Waals surface area contributed by atoms with Gasteiger partial charge < -0.3 is 15.7 Å². The molecular weight excluding hydrogens is 266 g/mol. The molecule has 0 aliphatic carbocycles. The van der Waals surface area contributed by atoms with E-state index in [1.165, 1.54) is 16.7 Å². The maximum atomic E-state index is 11.4. The Kier molecular flexibility index (Phi) is 5.82. The van der Waals surface area contributed by atoms with Crippen molar-refractivity contribution in [3.8, 4) is 12.3 Å². The third kappa shape index (κ3) is 5.40. The number of amides is 2. The minimum atomic E-state index is -1.05. The Labute approximate surface area is 115 Å². The molecular formula is C12H15N3O3S. The number of hydrogen-bond acceptors (Lipinski definition) is 4. The first kappa shape index (κ1) is 15.0. The van der Waals surface area contributed by atoms with Gasteiger partial charge in [-0.15, -0.1) is 23.7 Å². The Morgan fingerprint density at radius 1 is 1.63 bits per heavy atom. The van der Waals surface area contributed by atoms with Gasteiger partial charge >= 0.3 is 12.0 Å². The highest BCUT2D eigenvalue weighted by atomic mass is 32.1. The van der Waals surface area contributed by atoms with E-state index in [0.717, 1.165) is 0 Å². The van der Waals surface area contributed by atoms with Gasteiger partial charge in [0.15, 0.2) is 5.69 Å². The van der Waals surface area contributed by atoms with Gasteiger partial charge in [-0.2, -0.15) is 0 Å². The summed E-state index contributed by atoms with van der Waals surface area (Å²) >= 11 is 1.26. The van der Waals surface area contributed by atoms with Gasteiger partial charge in [-0.25, -0.2) is 14.6 Å². The second-order valence-electron chi connectivity index (χ2n) is 3.89. The van der Waals surface area contributed by atoms with Crippen LogP contribution >= 0.6 is 11.3 Å². The molecule has 0 bridgehead atoms. The first-order valence-corrected chi connectivity index (χ1v) is 6.56. The van der Waals surface area contributed by atoms with E-state index in [4.69, 9.17) is 11.5 Å². The number of rotatable bonds is 6. The van der Waals surface area contributed by atoms with Gasteiger partial charge in [0, 0.05) is 30.8 Å². The maximum Gasteiger partial charge on any atom is 0.355 e. The smallest absolute Gasteiger partial charge is 0.355 e. The zero-order valence-corrected chi connectivity index (χ0v) is 11.3. The summed E-state index contributed by atoms with van der Waals surface area (Å²) in [5.74, 6) is 1.42. The summed E-state index contributed by atoms with van der Waals surface area (Å²) in [6.07, 6.45) is 6.10. The highest BCUT2D eigenvalue weighted by Crippen LogP contribution is 2.09. The van der Waals surface area contributed by atoms with E-state index >= 15 is 0 Å². The Hall–Kier alpha value is -2.07. The first-order valence-electron chi connectivity index (χ1n) is 5.68. The average Bonchev–Trinajstić information content (AvgIpc) is 2.78. The van der Waals surface area contributed by atoms with Crippen molar-refractivity contribution in [1.82, 2.24) is 15.6 Å². The predicted octanol–water partition coefficient (Wildman–Crippen LogP) is 1.09. The molecule has 0 radical (unpaired) electrons. The second kappa shape index (κ2) is 7.38. The summed E-state index contributed by atoms with van der Waals surface area (Å²) in [6.45, 7) is 2.21. The van der Waals surface area contributed by atoms with Crippen molar-refractivity contribution < 1.29 is 14.7 Å². The standard InChI is InChI=1S/C12H15N3O3S/c1-3-4-8(2)14-12(18)13-6-5-10-15-9(7-19-10)11(16)17/h1,7-8H,4-6H2,2H3,(H,16,17)(H2,13,14,18). The van der Waals surface area contributed by atoms with E-state index < -0.39 is 5.97 Å². The van der Waals surface area contributed by atoms with E-state index in [-0.39, 0.29) is 17.8 Å². The van der Waals surface area contributed by atoms with Gasteiger partial charge in [-0.05, 0) is 6.92 Å². The molecule has 0 aliphatic heterocycles. The predicted molar refractivity (Wildman–Crippen MR) is 72.2 cm³/mol. The summed E-state index contributed by atoms with van der Waals surface area (Å²) in [5.41, 5.74) is 0.0343. The van der Waals surface area contributed by atoms with Crippen molar-refractivity contribution in [2.75, 3.05) is 6.54 Å². The van der Waals surface area contributed by atoms with Gasteiger partial charge in [0.2, 0.25) is 0 Å². The van der Waals surface area contributed by atoms with E-state index in [0.29, 0.717) is 24.4 Å². The molecule has 19 heavy (non-hydrogen) atoms. The number of carbonyl (C=O) groups is 2. The normalized spacial score (nSPS) is 11.4. The summed E-state index contributed by atoms with van der Waals surface area (Å²) < 4.78 is 0. The Morgan fingerprint density at radius 2 is 2.37 bits per heavy atom. The number of aromatic carboxylic acids is 1. The van der Waals surface area contributed by atoms with Crippen molar-refractivity contribution in [3.05, 3.63) is 16.1 Å². The number of carbonyl (C=O) groups excluding carboxylic acids is 1. The Morgan fingerprint density at radius 3 is 2.95 bits per heavy atom. The highest BCUT2D eigenvalue weighted by molar-refractivity contribution is 7.09. The zero-order chi connectivity index (χ0) is 14.3. The van der Waals surface area contributed by atoms with Gasteiger partial charge in [0.05, 0.1) is 5.01 Å². The third-order valence-corrected chi connectivity index (χ3v) is 3.11. The van der Waals surface area contributed by atoms with Crippen LogP contribution in [0, 0.1) is 12.3 Å². The second-order valence-corrected chi connectivity index (χ2v) is 4.83. The molecule has 0 saturated carbocycles. The lowest BCUT2D eigenvalue weighted by molar-refractivity contribution is 0.0691. The lowest BCUT2D eigenvalue weighted by Crippen LogP contribution is -2.41. The molecule has 1 unspecified atom stereocenters. The van der Waals surface area contributed by atoms with Crippen molar-refractivity contribution in [1.29, 1.82) is 0 Å². The minimum absolute atomic E-state index is 0.0343. The minimum Gasteiger partial charge on any atom is -0.476 e. The lowest BCUT2D eigenvalue weighted by atomic mass is 10.2. The molecule has 1 aromatic heterocycles. The highest BCUT2D eigenvalue weighted by Gasteiger charge is 2.09. The summed E-state index contributed by atoms with van der Waals surface area (Å²) in [7, 11) is 0. The number of nitrogens with zero attached hydrogens (tertiary/aromatic N) is 1. The van der Waals surface area contributed by atoms with Crippen LogP contribution in [0.3, 0.4) is 0 Å². The first-order chi connectivity index (χ1) is 9.02. The van der Waals surface area contributed by atoms with Crippen LogP contribution in [0.25, 0.3) is 0 Å². The van der Waals surface area contributed by atoms with Crippen LogP contribution in [0.2, 0.25) is 0 Å². The van der Waals surface area contributed by atoms with Crippen molar-refractivity contribution in [3.63, 3.8) is 0 Å². The van der Waals surface area contributed by atoms with E-state index in [9.17, 15) is 9.59 Å². The number of hydrogen-bond donors (Lipinski definition) is 3. The van der Waals surface area contributed by atoms with Crippen molar-refractivity contribution in [2.45, 2.75) is 25.8 Å².